The number of hydrogen-bond acceptors (Lipinski definition) is 6. The zero-order valence-electron chi connectivity index (χ0n) is 16.3. The Hall–Kier alpha value is -3.46. The summed E-state index contributed by atoms with van der Waals surface area (Å²) in [4.78, 5) is 33.5. The molecule has 0 bridgehead atoms. The molecule has 0 atom stereocenters. The van der Waals surface area contributed by atoms with Gasteiger partial charge in [-0.1, -0.05) is 0 Å². The van der Waals surface area contributed by atoms with Gasteiger partial charge in [0.15, 0.2) is 11.5 Å². The van der Waals surface area contributed by atoms with Gasteiger partial charge in [0.05, 0.1) is 38.2 Å². The first-order valence-electron chi connectivity index (χ1n) is 8.78. The number of halogens is 1. The van der Waals surface area contributed by atoms with Crippen molar-refractivity contribution in [3.63, 3.8) is 0 Å². The van der Waals surface area contributed by atoms with Crippen LogP contribution in [0.3, 0.4) is 0 Å². The van der Waals surface area contributed by atoms with Crippen LogP contribution in [0.25, 0.3) is 10.9 Å². The van der Waals surface area contributed by atoms with E-state index in [1.165, 1.54) is 38.5 Å². The number of aromatic amines is 1. The van der Waals surface area contributed by atoms with Crippen molar-refractivity contribution in [2.45, 2.75) is 6.54 Å². The number of rotatable bonds is 7. The van der Waals surface area contributed by atoms with Crippen LogP contribution in [0, 0.1) is 5.82 Å². The lowest BCUT2D eigenvalue weighted by Crippen LogP contribution is -2.31. The summed E-state index contributed by atoms with van der Waals surface area (Å²) in [5, 5.41) is 3.06. The standard InChI is InChI=1S/C20H21FN4O4/c1-25(11-19(26)22-13-6-4-12(21)5-7-13)10-18-23-15-9-17(29-3)16(28-2)8-14(15)20(27)24-18/h4-9H,10-11H2,1-3H3,(H,22,26)(H,23,24,27). The Balaban J connectivity index is 1.72. The van der Waals surface area contributed by atoms with Crippen molar-refractivity contribution >= 4 is 22.5 Å². The molecule has 0 aliphatic heterocycles. The average Bonchev–Trinajstić information content (AvgIpc) is 2.68. The van der Waals surface area contributed by atoms with Gasteiger partial charge >= 0.3 is 0 Å². The molecule has 8 nitrogen and oxygen atoms in total. The average molecular weight is 400 g/mol. The highest BCUT2D eigenvalue weighted by molar-refractivity contribution is 5.92. The lowest BCUT2D eigenvalue weighted by molar-refractivity contribution is -0.117. The van der Waals surface area contributed by atoms with Gasteiger partial charge in [-0.15, -0.1) is 0 Å². The smallest absolute Gasteiger partial charge is 0.258 e. The summed E-state index contributed by atoms with van der Waals surface area (Å²) in [6.45, 7) is 0.307. The summed E-state index contributed by atoms with van der Waals surface area (Å²) < 4.78 is 23.4. The minimum Gasteiger partial charge on any atom is -0.493 e. The fourth-order valence-corrected chi connectivity index (χ4v) is 2.88. The molecule has 0 aliphatic carbocycles. The third-order valence-electron chi connectivity index (χ3n) is 4.22. The Kier molecular flexibility index (Phi) is 6.08. The van der Waals surface area contributed by atoms with Crippen LogP contribution in [0.2, 0.25) is 0 Å². The third kappa shape index (κ3) is 4.88. The number of carbonyl (C=O) groups is 1. The van der Waals surface area contributed by atoms with Crippen LogP contribution in [0.5, 0.6) is 11.5 Å². The number of nitrogens with one attached hydrogen (secondary N) is 2. The number of fused-ring (bicyclic) bond motifs is 1. The van der Waals surface area contributed by atoms with E-state index in [2.05, 4.69) is 15.3 Å². The number of H-pyrrole nitrogens is 1. The van der Waals surface area contributed by atoms with E-state index in [1.807, 2.05) is 0 Å². The minimum absolute atomic E-state index is 0.0606. The van der Waals surface area contributed by atoms with Gasteiger partial charge in [-0.2, -0.15) is 0 Å². The number of carbonyl (C=O) groups excluding carboxylic acids is 1. The van der Waals surface area contributed by atoms with Crippen molar-refractivity contribution in [1.29, 1.82) is 0 Å². The van der Waals surface area contributed by atoms with E-state index >= 15 is 0 Å². The van der Waals surface area contributed by atoms with Crippen molar-refractivity contribution < 1.29 is 18.7 Å². The van der Waals surface area contributed by atoms with Crippen LogP contribution in [0.1, 0.15) is 5.82 Å². The number of likely N-dealkylation sites (N-methyl/N-ethyl adjacent to an activating group) is 1. The number of aromatic nitrogens is 2. The first-order valence-corrected chi connectivity index (χ1v) is 8.78. The lowest BCUT2D eigenvalue weighted by atomic mass is 10.2. The fourth-order valence-electron chi connectivity index (χ4n) is 2.88. The molecular weight excluding hydrogens is 379 g/mol. The van der Waals surface area contributed by atoms with Gasteiger partial charge in [0, 0.05) is 11.8 Å². The van der Waals surface area contributed by atoms with Gasteiger partial charge in [-0.25, -0.2) is 9.37 Å². The minimum atomic E-state index is -0.374. The van der Waals surface area contributed by atoms with Crippen molar-refractivity contribution in [1.82, 2.24) is 14.9 Å². The van der Waals surface area contributed by atoms with Crippen LogP contribution in [0.4, 0.5) is 10.1 Å². The molecular formula is C20H21FN4O4. The summed E-state index contributed by atoms with van der Waals surface area (Å²) in [6, 6.07) is 8.71. The molecule has 1 heterocycles. The maximum atomic E-state index is 12.9. The van der Waals surface area contributed by atoms with Gasteiger partial charge in [-0.05, 0) is 37.4 Å². The fraction of sp³-hybridized carbons (Fsp3) is 0.250. The van der Waals surface area contributed by atoms with Crippen LogP contribution in [-0.2, 0) is 11.3 Å². The largest absolute Gasteiger partial charge is 0.493 e. The molecule has 152 valence electrons. The second kappa shape index (κ2) is 8.70. The summed E-state index contributed by atoms with van der Waals surface area (Å²) in [6.07, 6.45) is 0. The number of amides is 1. The molecule has 3 aromatic rings. The van der Waals surface area contributed by atoms with E-state index in [4.69, 9.17) is 9.47 Å². The van der Waals surface area contributed by atoms with Gasteiger partial charge < -0.3 is 19.8 Å². The molecule has 0 spiro atoms. The van der Waals surface area contributed by atoms with Crippen LogP contribution in [0.15, 0.2) is 41.2 Å². The maximum absolute atomic E-state index is 12.9. The number of benzene rings is 2. The number of anilines is 1. The SMILES string of the molecule is COc1cc2nc(CN(C)CC(=O)Nc3ccc(F)cc3)[nH]c(=O)c2cc1OC. The molecule has 0 radical (unpaired) electrons. The topological polar surface area (TPSA) is 96.5 Å². The molecule has 0 saturated carbocycles. The molecule has 2 N–H and O–H groups in total. The summed E-state index contributed by atoms with van der Waals surface area (Å²) in [7, 11) is 4.72. The second-order valence-electron chi connectivity index (χ2n) is 6.46. The molecule has 9 heteroatoms. The molecule has 1 aromatic heterocycles. The predicted molar refractivity (Wildman–Crippen MR) is 107 cm³/mol. The Morgan fingerprint density at radius 2 is 1.83 bits per heavy atom. The monoisotopic (exact) mass is 400 g/mol. The molecule has 2 aromatic carbocycles. The highest BCUT2D eigenvalue weighted by atomic mass is 19.1. The van der Waals surface area contributed by atoms with Gasteiger partial charge in [0.1, 0.15) is 11.6 Å². The Labute approximate surface area is 166 Å². The second-order valence-corrected chi connectivity index (χ2v) is 6.46. The summed E-state index contributed by atoms with van der Waals surface area (Å²) in [5.41, 5.74) is 0.656. The van der Waals surface area contributed by atoms with Gasteiger partial charge in [-0.3, -0.25) is 14.5 Å². The summed E-state index contributed by atoms with van der Waals surface area (Å²) in [5.74, 6) is 0.673. The van der Waals surface area contributed by atoms with Gasteiger partial charge in [0.2, 0.25) is 5.91 Å². The number of methoxy groups -OCH3 is 2. The van der Waals surface area contributed by atoms with Crippen molar-refractivity contribution in [3.8, 4) is 11.5 Å². The van der Waals surface area contributed by atoms with E-state index in [0.29, 0.717) is 33.9 Å². The first-order chi connectivity index (χ1) is 13.9. The van der Waals surface area contributed by atoms with Crippen LogP contribution in [-0.4, -0.2) is 48.6 Å². The van der Waals surface area contributed by atoms with E-state index in [1.54, 1.807) is 24.1 Å². The molecule has 1 amide bonds. The van der Waals surface area contributed by atoms with Crippen molar-refractivity contribution in [2.75, 3.05) is 33.1 Å². The normalized spacial score (nSPS) is 10.9. The van der Waals surface area contributed by atoms with Crippen molar-refractivity contribution in [3.05, 3.63) is 58.4 Å². The molecule has 0 aliphatic rings. The first kappa shape index (κ1) is 20.3. The van der Waals surface area contributed by atoms with Gasteiger partial charge in [0.25, 0.3) is 5.56 Å². The van der Waals surface area contributed by atoms with Crippen LogP contribution < -0.4 is 20.3 Å². The van der Waals surface area contributed by atoms with Crippen LogP contribution >= 0.6 is 0 Å². The zero-order chi connectivity index (χ0) is 21.0. The number of hydrogen-bond donors (Lipinski definition) is 2. The van der Waals surface area contributed by atoms with Crippen molar-refractivity contribution in [2.24, 2.45) is 0 Å². The molecule has 0 fully saturated rings. The third-order valence-corrected chi connectivity index (χ3v) is 4.22. The number of nitrogens with zero attached hydrogens (tertiary/aromatic N) is 2. The molecule has 29 heavy (non-hydrogen) atoms. The Morgan fingerprint density at radius 1 is 1.17 bits per heavy atom. The molecule has 0 unspecified atom stereocenters. The van der Waals surface area contributed by atoms with E-state index in [-0.39, 0.29) is 30.4 Å². The summed E-state index contributed by atoms with van der Waals surface area (Å²) >= 11 is 0. The zero-order valence-corrected chi connectivity index (χ0v) is 16.3. The Bertz CT molecular complexity index is 1080. The maximum Gasteiger partial charge on any atom is 0.258 e. The highest BCUT2D eigenvalue weighted by Crippen LogP contribution is 2.29. The quantitative estimate of drug-likeness (QED) is 0.631. The molecule has 0 saturated heterocycles. The van der Waals surface area contributed by atoms with E-state index in [9.17, 15) is 14.0 Å². The predicted octanol–water partition coefficient (Wildman–Crippen LogP) is 2.15. The van der Waals surface area contributed by atoms with E-state index < -0.39 is 0 Å². The highest BCUT2D eigenvalue weighted by Gasteiger charge is 2.13. The van der Waals surface area contributed by atoms with E-state index in [0.717, 1.165) is 0 Å². The molecule has 3 rings (SSSR count). The lowest BCUT2D eigenvalue weighted by Gasteiger charge is -2.16. The number of ether oxygens (including phenoxy) is 2. The Morgan fingerprint density at radius 3 is 2.48 bits per heavy atom.